The van der Waals surface area contributed by atoms with Gasteiger partial charge in [-0.3, -0.25) is 9.69 Å². The van der Waals surface area contributed by atoms with Gasteiger partial charge in [-0.25, -0.2) is 0 Å². The fourth-order valence-corrected chi connectivity index (χ4v) is 2.75. The molecule has 1 aromatic heterocycles. The van der Waals surface area contributed by atoms with Crippen molar-refractivity contribution in [2.75, 3.05) is 10.6 Å². The fraction of sp³-hybridized carbons (Fsp3) is 0.0500. The second kappa shape index (κ2) is 6.20. The van der Waals surface area contributed by atoms with E-state index in [2.05, 4.69) is 0 Å². The van der Waals surface area contributed by atoms with E-state index in [-0.39, 0.29) is 11.7 Å². The molecule has 2 N–H and O–H groups in total. The lowest BCUT2D eigenvalue weighted by Crippen LogP contribution is -2.36. The van der Waals surface area contributed by atoms with Crippen molar-refractivity contribution in [1.29, 1.82) is 0 Å². The van der Waals surface area contributed by atoms with Gasteiger partial charge < -0.3 is 14.9 Å². The van der Waals surface area contributed by atoms with Crippen molar-refractivity contribution in [2.45, 2.75) is 6.54 Å². The van der Waals surface area contributed by atoms with Gasteiger partial charge >= 0.3 is 0 Å². The van der Waals surface area contributed by atoms with Crippen molar-refractivity contribution in [3.8, 4) is 5.75 Å². The van der Waals surface area contributed by atoms with Gasteiger partial charge in [-0.1, -0.05) is 30.3 Å². The van der Waals surface area contributed by atoms with Gasteiger partial charge in [0.05, 0.1) is 18.5 Å². The molecule has 0 radical (unpaired) electrons. The lowest BCUT2D eigenvalue weighted by atomic mass is 10.1. The number of nitrogen functional groups attached to an aromatic ring is 1. The number of fused-ring (bicyclic) bond motifs is 1. The molecule has 5 nitrogen and oxygen atoms in total. The molecule has 0 saturated carbocycles. The van der Waals surface area contributed by atoms with E-state index in [0.29, 0.717) is 29.4 Å². The first-order chi connectivity index (χ1) is 12.2. The van der Waals surface area contributed by atoms with Crippen LogP contribution in [0.2, 0.25) is 0 Å². The topological polar surface area (TPSA) is 68.7 Å². The Bertz CT molecular complexity index is 931. The Morgan fingerprint density at radius 2 is 1.88 bits per heavy atom. The standard InChI is InChI=1S/C20H16N2O3/c21-15-8-9-18-17(11-15)22(13-14-5-2-1-3-6-14)20(23)19(25-18)12-16-7-4-10-24-16/h1-12H,13,21H2/b19-12+. The molecule has 0 atom stereocenters. The lowest BCUT2D eigenvalue weighted by Gasteiger charge is -2.30. The van der Waals surface area contributed by atoms with Crippen molar-refractivity contribution < 1.29 is 13.9 Å². The molecular formula is C20H16N2O3. The van der Waals surface area contributed by atoms with Gasteiger partial charge in [-0.15, -0.1) is 0 Å². The number of nitrogens with two attached hydrogens (primary N) is 1. The van der Waals surface area contributed by atoms with E-state index < -0.39 is 0 Å². The van der Waals surface area contributed by atoms with Crippen LogP contribution in [0.25, 0.3) is 6.08 Å². The summed E-state index contributed by atoms with van der Waals surface area (Å²) in [6.45, 7) is 0.426. The molecule has 0 aliphatic carbocycles. The fourth-order valence-electron chi connectivity index (χ4n) is 2.75. The zero-order valence-electron chi connectivity index (χ0n) is 13.4. The molecule has 1 aliphatic heterocycles. The lowest BCUT2D eigenvalue weighted by molar-refractivity contribution is -0.117. The number of carbonyl (C=O) groups is 1. The molecule has 0 fully saturated rings. The van der Waals surface area contributed by atoms with E-state index in [0.717, 1.165) is 5.56 Å². The number of nitrogens with zero attached hydrogens (tertiary/aromatic N) is 1. The first kappa shape index (κ1) is 15.1. The van der Waals surface area contributed by atoms with Gasteiger partial charge in [0.25, 0.3) is 5.91 Å². The third kappa shape index (κ3) is 2.99. The number of rotatable bonds is 3. The molecule has 2 heterocycles. The van der Waals surface area contributed by atoms with E-state index in [4.69, 9.17) is 14.9 Å². The highest BCUT2D eigenvalue weighted by molar-refractivity contribution is 6.09. The monoisotopic (exact) mass is 332 g/mol. The number of carbonyl (C=O) groups excluding carboxylic acids is 1. The molecule has 0 saturated heterocycles. The molecule has 124 valence electrons. The highest BCUT2D eigenvalue weighted by Gasteiger charge is 2.30. The molecular weight excluding hydrogens is 316 g/mol. The smallest absolute Gasteiger partial charge is 0.294 e. The maximum atomic E-state index is 13.0. The third-order valence-electron chi connectivity index (χ3n) is 3.95. The molecule has 0 unspecified atom stereocenters. The Morgan fingerprint density at radius 3 is 2.64 bits per heavy atom. The summed E-state index contributed by atoms with van der Waals surface area (Å²) in [4.78, 5) is 14.6. The summed E-state index contributed by atoms with van der Waals surface area (Å²) in [5, 5.41) is 0. The second-order valence-electron chi connectivity index (χ2n) is 5.73. The van der Waals surface area contributed by atoms with Crippen LogP contribution in [0.4, 0.5) is 11.4 Å². The number of hydrogen-bond acceptors (Lipinski definition) is 4. The van der Waals surface area contributed by atoms with Crippen LogP contribution in [0.5, 0.6) is 5.75 Å². The number of benzene rings is 2. The summed E-state index contributed by atoms with van der Waals surface area (Å²) in [7, 11) is 0. The summed E-state index contributed by atoms with van der Waals surface area (Å²) in [6, 6.07) is 18.6. The Balaban J connectivity index is 1.77. The Kier molecular flexibility index (Phi) is 3.74. The zero-order chi connectivity index (χ0) is 17.2. The van der Waals surface area contributed by atoms with Crippen LogP contribution < -0.4 is 15.4 Å². The third-order valence-corrected chi connectivity index (χ3v) is 3.95. The number of amides is 1. The highest BCUT2D eigenvalue weighted by Crippen LogP contribution is 2.38. The molecule has 1 amide bonds. The molecule has 3 aromatic rings. The highest BCUT2D eigenvalue weighted by atomic mass is 16.5. The summed E-state index contributed by atoms with van der Waals surface area (Å²) in [5.41, 5.74) is 8.15. The quantitative estimate of drug-likeness (QED) is 0.585. The van der Waals surface area contributed by atoms with Crippen molar-refractivity contribution in [2.24, 2.45) is 0 Å². The molecule has 2 aromatic carbocycles. The van der Waals surface area contributed by atoms with E-state index >= 15 is 0 Å². The van der Waals surface area contributed by atoms with Crippen LogP contribution >= 0.6 is 0 Å². The minimum absolute atomic E-state index is 0.211. The Morgan fingerprint density at radius 1 is 1.04 bits per heavy atom. The maximum absolute atomic E-state index is 13.0. The van der Waals surface area contributed by atoms with Crippen molar-refractivity contribution in [3.05, 3.63) is 84.0 Å². The van der Waals surface area contributed by atoms with Gasteiger partial charge in [-0.2, -0.15) is 0 Å². The van der Waals surface area contributed by atoms with Crippen LogP contribution in [-0.2, 0) is 11.3 Å². The van der Waals surface area contributed by atoms with E-state index in [1.54, 1.807) is 47.6 Å². The Hall–Kier alpha value is -3.47. The molecule has 0 spiro atoms. The maximum Gasteiger partial charge on any atom is 0.294 e. The van der Waals surface area contributed by atoms with Crippen LogP contribution in [0.1, 0.15) is 11.3 Å². The number of furan rings is 1. The number of anilines is 2. The summed E-state index contributed by atoms with van der Waals surface area (Å²) in [6.07, 6.45) is 3.15. The van der Waals surface area contributed by atoms with Crippen molar-refractivity contribution in [3.63, 3.8) is 0 Å². The second-order valence-corrected chi connectivity index (χ2v) is 5.73. The van der Waals surface area contributed by atoms with E-state index in [1.807, 2.05) is 30.3 Å². The largest absolute Gasteiger partial charge is 0.465 e. The first-order valence-corrected chi connectivity index (χ1v) is 7.89. The van der Waals surface area contributed by atoms with Gasteiger partial charge in [0.2, 0.25) is 0 Å². The van der Waals surface area contributed by atoms with Crippen molar-refractivity contribution in [1.82, 2.24) is 0 Å². The molecule has 5 heteroatoms. The molecule has 25 heavy (non-hydrogen) atoms. The van der Waals surface area contributed by atoms with Crippen molar-refractivity contribution >= 4 is 23.4 Å². The summed E-state index contributed by atoms with van der Waals surface area (Å²) in [5.74, 6) is 1.12. The number of ether oxygens (including phenoxy) is 1. The normalized spacial score (nSPS) is 15.1. The average Bonchev–Trinajstić information content (AvgIpc) is 3.13. The predicted molar refractivity (Wildman–Crippen MR) is 95.8 cm³/mol. The summed E-state index contributed by atoms with van der Waals surface area (Å²) < 4.78 is 11.1. The first-order valence-electron chi connectivity index (χ1n) is 7.89. The zero-order valence-corrected chi connectivity index (χ0v) is 13.4. The van der Waals surface area contributed by atoms with Gasteiger partial charge in [0.1, 0.15) is 5.76 Å². The SMILES string of the molecule is Nc1ccc2c(c1)N(Cc1ccccc1)C(=O)/C(=C\c1ccco1)O2. The summed E-state index contributed by atoms with van der Waals surface area (Å²) >= 11 is 0. The van der Waals surface area contributed by atoms with Crippen LogP contribution in [0.15, 0.2) is 77.1 Å². The van der Waals surface area contributed by atoms with Crippen LogP contribution in [-0.4, -0.2) is 5.91 Å². The molecule has 0 bridgehead atoms. The van der Waals surface area contributed by atoms with Gasteiger partial charge in [0.15, 0.2) is 11.5 Å². The van der Waals surface area contributed by atoms with E-state index in [1.165, 1.54) is 0 Å². The van der Waals surface area contributed by atoms with Gasteiger partial charge in [0, 0.05) is 11.8 Å². The molecule has 4 rings (SSSR count). The van der Waals surface area contributed by atoms with Crippen LogP contribution in [0.3, 0.4) is 0 Å². The minimum Gasteiger partial charge on any atom is -0.465 e. The average molecular weight is 332 g/mol. The minimum atomic E-state index is -0.238. The van der Waals surface area contributed by atoms with E-state index in [9.17, 15) is 4.79 Å². The van der Waals surface area contributed by atoms with Crippen LogP contribution in [0, 0.1) is 0 Å². The van der Waals surface area contributed by atoms with Gasteiger partial charge in [-0.05, 0) is 35.9 Å². The Labute approximate surface area is 144 Å². The molecule has 1 aliphatic rings. The number of hydrogen-bond donors (Lipinski definition) is 1. The predicted octanol–water partition coefficient (Wildman–Crippen LogP) is 3.83.